The van der Waals surface area contributed by atoms with Crippen molar-refractivity contribution >= 4 is 12.2 Å². The zero-order chi connectivity index (χ0) is 38.9. The first-order valence-electron chi connectivity index (χ1n) is 19.5. The van der Waals surface area contributed by atoms with E-state index in [9.17, 15) is 9.59 Å². The number of rotatable bonds is 8. The second kappa shape index (κ2) is 18.1. The van der Waals surface area contributed by atoms with Crippen LogP contribution in [-0.2, 0) is 36.4 Å². The molecule has 2 fully saturated rings. The fourth-order valence-electron chi connectivity index (χ4n) is 7.01. The summed E-state index contributed by atoms with van der Waals surface area (Å²) in [5, 5.41) is 9.30. The van der Waals surface area contributed by atoms with E-state index in [-0.39, 0.29) is 12.2 Å². The number of carbonyl (C=O) groups excluding carboxylic acids is 2. The number of aromatic nitrogens is 6. The van der Waals surface area contributed by atoms with E-state index in [0.29, 0.717) is 11.8 Å². The van der Waals surface area contributed by atoms with Gasteiger partial charge in [-0.3, -0.25) is 19.3 Å². The molecule has 0 saturated carbocycles. The molecule has 2 aliphatic heterocycles. The largest absolute Gasteiger partial charge is 0.444 e. The molecule has 6 heterocycles. The molecule has 54 heavy (non-hydrogen) atoms. The van der Waals surface area contributed by atoms with Crippen molar-refractivity contribution in [3.63, 3.8) is 0 Å². The van der Waals surface area contributed by atoms with E-state index < -0.39 is 11.2 Å². The highest BCUT2D eigenvalue weighted by atomic mass is 16.6. The van der Waals surface area contributed by atoms with E-state index in [1.54, 1.807) is 24.8 Å². The van der Waals surface area contributed by atoms with E-state index >= 15 is 0 Å². The number of hydrogen-bond donors (Lipinski definition) is 0. The topological polar surface area (TPSA) is 120 Å². The molecule has 0 atom stereocenters. The van der Waals surface area contributed by atoms with Crippen molar-refractivity contribution in [1.82, 2.24) is 39.3 Å². The Labute approximate surface area is 321 Å². The lowest BCUT2D eigenvalue weighted by molar-refractivity contribution is 0.0171. The van der Waals surface area contributed by atoms with Crippen molar-refractivity contribution < 1.29 is 19.1 Å². The van der Waals surface area contributed by atoms with Crippen molar-refractivity contribution in [1.29, 1.82) is 0 Å². The number of ether oxygens (including phenoxy) is 2. The summed E-state index contributed by atoms with van der Waals surface area (Å²) in [5.74, 6) is 1.28. The van der Waals surface area contributed by atoms with Gasteiger partial charge in [-0.2, -0.15) is 10.2 Å². The molecule has 4 aromatic rings. The summed E-state index contributed by atoms with van der Waals surface area (Å²) in [7, 11) is 3.99. The first-order valence-corrected chi connectivity index (χ1v) is 19.5. The number of likely N-dealkylation sites (tertiary alicyclic amines) is 2. The zero-order valence-electron chi connectivity index (χ0n) is 33.6. The normalized spacial score (nSPS) is 15.8. The standard InChI is InChI=1S/2C21H30N4O2/c1-21(2,3)27-20(26)25-13-9-16(10-14-25)5-6-18-15-19(23-24(18)4)17-7-11-22-12-8-17;1-21(2,3)27-20(26)25-13-9-16(10-14-25)5-6-18-15-19(24(4)23-18)17-7-11-22-12-8-17/h2*7-8,11-12,15-16H,5-6,9-10,13-14H2,1-4H3. The van der Waals surface area contributed by atoms with Gasteiger partial charge in [0.1, 0.15) is 11.2 Å². The highest BCUT2D eigenvalue weighted by Crippen LogP contribution is 2.27. The SMILES string of the molecule is Cn1nc(-c2ccncc2)cc1CCC1CCN(C(=O)OC(C)(C)C)CC1.Cn1nc(CCC2CCN(C(=O)OC(C)(C)C)CC2)cc1-c1ccncc1. The summed E-state index contributed by atoms with van der Waals surface area (Å²) in [4.78, 5) is 36.1. The van der Waals surface area contributed by atoms with Crippen molar-refractivity contribution in [3.05, 3.63) is 72.6 Å². The lowest BCUT2D eigenvalue weighted by Crippen LogP contribution is -2.41. The van der Waals surface area contributed by atoms with Gasteiger partial charge in [-0.1, -0.05) is 0 Å². The molecule has 2 amide bonds. The summed E-state index contributed by atoms with van der Waals surface area (Å²) >= 11 is 0. The Kier molecular flexibility index (Phi) is 13.5. The summed E-state index contributed by atoms with van der Waals surface area (Å²) in [6.07, 6.45) is 15.2. The highest BCUT2D eigenvalue weighted by Gasteiger charge is 2.28. The number of aryl methyl sites for hydroxylation is 4. The Morgan fingerprint density at radius 2 is 1.11 bits per heavy atom. The van der Waals surface area contributed by atoms with Crippen LogP contribution in [-0.4, -0.2) is 88.9 Å². The molecule has 0 N–H and O–H groups in total. The van der Waals surface area contributed by atoms with Gasteiger partial charge < -0.3 is 19.3 Å². The monoisotopic (exact) mass is 740 g/mol. The average molecular weight is 741 g/mol. The van der Waals surface area contributed by atoms with Crippen LogP contribution in [0.5, 0.6) is 0 Å². The van der Waals surface area contributed by atoms with Crippen LogP contribution < -0.4 is 0 Å². The number of piperidine rings is 2. The summed E-state index contributed by atoms with van der Waals surface area (Å²) in [6.45, 7) is 14.6. The molecule has 2 aliphatic rings. The molecule has 2 saturated heterocycles. The van der Waals surface area contributed by atoms with Crippen LogP contribution in [0.1, 0.15) is 91.5 Å². The van der Waals surface area contributed by atoms with Crippen LogP contribution in [0, 0.1) is 11.8 Å². The lowest BCUT2D eigenvalue weighted by Gasteiger charge is -2.33. The molecule has 0 aromatic carbocycles. The van der Waals surface area contributed by atoms with Gasteiger partial charge >= 0.3 is 12.2 Å². The predicted molar refractivity (Wildman–Crippen MR) is 211 cm³/mol. The van der Waals surface area contributed by atoms with Crippen LogP contribution in [0.25, 0.3) is 22.5 Å². The van der Waals surface area contributed by atoms with Crippen molar-refractivity contribution in [3.8, 4) is 22.5 Å². The fourth-order valence-corrected chi connectivity index (χ4v) is 7.01. The smallest absolute Gasteiger partial charge is 0.410 e. The molecule has 292 valence electrons. The van der Waals surface area contributed by atoms with E-state index in [0.717, 1.165) is 106 Å². The van der Waals surface area contributed by atoms with Gasteiger partial charge in [0.15, 0.2) is 0 Å². The zero-order valence-corrected chi connectivity index (χ0v) is 33.6. The van der Waals surface area contributed by atoms with Gasteiger partial charge in [-0.05, 0) is 141 Å². The predicted octanol–water partition coefficient (Wildman–Crippen LogP) is 8.12. The van der Waals surface area contributed by atoms with Crippen LogP contribution in [0.4, 0.5) is 9.59 Å². The second-order valence-electron chi connectivity index (χ2n) is 16.7. The van der Waals surface area contributed by atoms with Gasteiger partial charge in [-0.15, -0.1) is 0 Å². The van der Waals surface area contributed by atoms with Crippen molar-refractivity contribution in [2.24, 2.45) is 25.9 Å². The molecule has 0 bridgehead atoms. The number of amides is 2. The molecule has 0 spiro atoms. The van der Waals surface area contributed by atoms with Crippen LogP contribution in [0.15, 0.2) is 61.2 Å². The number of carbonyl (C=O) groups is 2. The van der Waals surface area contributed by atoms with Gasteiger partial charge in [-0.25, -0.2) is 9.59 Å². The minimum absolute atomic E-state index is 0.186. The quantitative estimate of drug-likeness (QED) is 0.178. The van der Waals surface area contributed by atoms with E-state index in [1.807, 2.05) is 99.1 Å². The summed E-state index contributed by atoms with van der Waals surface area (Å²) < 4.78 is 14.9. The first-order chi connectivity index (χ1) is 25.6. The Bertz CT molecular complexity index is 1780. The minimum atomic E-state index is -0.431. The maximum Gasteiger partial charge on any atom is 0.410 e. The molecular weight excluding hydrogens is 681 g/mol. The first kappa shape index (κ1) is 40.4. The maximum atomic E-state index is 12.2. The summed E-state index contributed by atoms with van der Waals surface area (Å²) in [5.41, 5.74) is 5.85. The lowest BCUT2D eigenvalue weighted by atomic mass is 9.91. The van der Waals surface area contributed by atoms with Crippen molar-refractivity contribution in [2.45, 2.75) is 104 Å². The fraction of sp³-hybridized carbons (Fsp3) is 0.571. The van der Waals surface area contributed by atoms with E-state index in [1.165, 1.54) is 5.69 Å². The Morgan fingerprint density at radius 1 is 0.648 bits per heavy atom. The second-order valence-corrected chi connectivity index (χ2v) is 16.7. The number of nitrogens with zero attached hydrogens (tertiary/aromatic N) is 8. The molecule has 0 aliphatic carbocycles. The Balaban J connectivity index is 0.000000208. The van der Waals surface area contributed by atoms with Gasteiger partial charge in [0.05, 0.1) is 17.1 Å². The Hall–Kier alpha value is -4.74. The maximum absolute atomic E-state index is 12.2. The van der Waals surface area contributed by atoms with Gasteiger partial charge in [0.25, 0.3) is 0 Å². The molecule has 0 unspecified atom stereocenters. The third-order valence-electron chi connectivity index (χ3n) is 10.0. The average Bonchev–Trinajstić information content (AvgIpc) is 3.71. The molecule has 12 nitrogen and oxygen atoms in total. The Morgan fingerprint density at radius 3 is 1.59 bits per heavy atom. The molecule has 12 heteroatoms. The van der Waals surface area contributed by atoms with Crippen LogP contribution in [0.3, 0.4) is 0 Å². The van der Waals surface area contributed by atoms with E-state index in [2.05, 4.69) is 32.3 Å². The summed E-state index contributed by atoms with van der Waals surface area (Å²) in [6, 6.07) is 12.3. The number of pyridine rings is 2. The van der Waals surface area contributed by atoms with E-state index in [4.69, 9.17) is 9.47 Å². The molecule has 0 radical (unpaired) electrons. The highest BCUT2D eigenvalue weighted by molar-refractivity contribution is 5.68. The third kappa shape index (κ3) is 12.1. The van der Waals surface area contributed by atoms with Crippen molar-refractivity contribution in [2.75, 3.05) is 26.2 Å². The van der Waals surface area contributed by atoms with Crippen LogP contribution in [0.2, 0.25) is 0 Å². The number of hydrogen-bond acceptors (Lipinski definition) is 8. The molecular formula is C42H60N8O4. The van der Waals surface area contributed by atoms with Gasteiger partial charge in [0, 0.05) is 81.9 Å². The third-order valence-corrected chi connectivity index (χ3v) is 10.0. The molecule has 6 rings (SSSR count). The minimum Gasteiger partial charge on any atom is -0.444 e. The molecule has 4 aromatic heterocycles. The van der Waals surface area contributed by atoms with Crippen LogP contribution >= 0.6 is 0 Å². The van der Waals surface area contributed by atoms with Gasteiger partial charge in [0.2, 0.25) is 0 Å².